The van der Waals surface area contributed by atoms with E-state index in [1.165, 1.54) is 0 Å². The maximum absolute atomic E-state index is 9.94. The third-order valence-corrected chi connectivity index (χ3v) is 0.919. The van der Waals surface area contributed by atoms with Crippen molar-refractivity contribution >= 4 is 0 Å². The van der Waals surface area contributed by atoms with Crippen molar-refractivity contribution in [1.29, 1.82) is 0 Å². The molecule has 6 heteroatoms. The van der Waals surface area contributed by atoms with Crippen LogP contribution in [0.15, 0.2) is 0 Å². The molecule has 0 aliphatic carbocycles. The maximum Gasteiger partial charge on any atom is 0.289 e. The average Bonchev–Trinajstić information content (AvgIpc) is 1.89. The van der Waals surface area contributed by atoms with Crippen LogP contribution in [0.3, 0.4) is 0 Å². The van der Waals surface area contributed by atoms with E-state index < -0.39 is 17.7 Å². The second-order valence-corrected chi connectivity index (χ2v) is 1.66. The Morgan fingerprint density at radius 2 is 2.20 bits per heavy atom. The lowest BCUT2D eigenvalue weighted by atomic mass is 10.5. The Bertz CT molecular complexity index is 107. The smallest absolute Gasteiger partial charge is 0.289 e. The van der Waals surface area contributed by atoms with Gasteiger partial charge in [0.2, 0.25) is 0 Å². The Morgan fingerprint density at radius 1 is 1.60 bits per heavy atom. The second-order valence-electron chi connectivity index (χ2n) is 1.66. The standard InChI is InChI=1S/C4H10N2O4/c7-2-1-5-4(3-8)6(9)10/h4-5,7-8H,1-3H2. The third-order valence-electron chi connectivity index (χ3n) is 0.919. The average molecular weight is 150 g/mol. The molecule has 0 amide bonds. The van der Waals surface area contributed by atoms with Crippen molar-refractivity contribution in [2.75, 3.05) is 19.8 Å². The topological polar surface area (TPSA) is 95.6 Å². The molecule has 0 aliphatic heterocycles. The number of hydrogen-bond donors (Lipinski definition) is 3. The van der Waals surface area contributed by atoms with Crippen LogP contribution in [0, 0.1) is 10.1 Å². The Labute approximate surface area is 57.6 Å². The van der Waals surface area contributed by atoms with E-state index in [-0.39, 0.29) is 13.2 Å². The summed E-state index contributed by atoms with van der Waals surface area (Å²) >= 11 is 0. The summed E-state index contributed by atoms with van der Waals surface area (Å²) < 4.78 is 0. The van der Waals surface area contributed by atoms with Crippen molar-refractivity contribution in [3.05, 3.63) is 10.1 Å². The summed E-state index contributed by atoms with van der Waals surface area (Å²) in [4.78, 5) is 9.29. The van der Waals surface area contributed by atoms with Crippen LogP contribution in [0.2, 0.25) is 0 Å². The van der Waals surface area contributed by atoms with Gasteiger partial charge >= 0.3 is 0 Å². The lowest BCUT2D eigenvalue weighted by molar-refractivity contribution is -0.532. The monoisotopic (exact) mass is 150 g/mol. The van der Waals surface area contributed by atoms with Crippen LogP contribution < -0.4 is 5.32 Å². The van der Waals surface area contributed by atoms with Gasteiger partial charge in [0.25, 0.3) is 6.17 Å². The molecular weight excluding hydrogens is 140 g/mol. The van der Waals surface area contributed by atoms with Gasteiger partial charge in [0.15, 0.2) is 0 Å². The molecule has 3 N–H and O–H groups in total. The molecule has 0 spiro atoms. The van der Waals surface area contributed by atoms with Crippen LogP contribution in [-0.2, 0) is 0 Å². The number of hydrogen-bond acceptors (Lipinski definition) is 5. The minimum Gasteiger partial charge on any atom is -0.395 e. The number of nitrogens with one attached hydrogen (secondary N) is 1. The highest BCUT2D eigenvalue weighted by Crippen LogP contribution is 1.80. The minimum absolute atomic E-state index is 0.117. The van der Waals surface area contributed by atoms with Crippen LogP contribution in [0.4, 0.5) is 0 Å². The molecule has 60 valence electrons. The van der Waals surface area contributed by atoms with Gasteiger partial charge in [-0.3, -0.25) is 15.4 Å². The van der Waals surface area contributed by atoms with Crippen molar-refractivity contribution in [1.82, 2.24) is 5.32 Å². The van der Waals surface area contributed by atoms with Gasteiger partial charge in [-0.15, -0.1) is 0 Å². The summed E-state index contributed by atoms with van der Waals surface area (Å²) in [5.74, 6) is 0. The van der Waals surface area contributed by atoms with E-state index in [4.69, 9.17) is 10.2 Å². The molecule has 0 heterocycles. The lowest BCUT2D eigenvalue weighted by Crippen LogP contribution is -2.40. The normalized spacial score (nSPS) is 13.0. The molecule has 0 aromatic rings. The van der Waals surface area contributed by atoms with Crippen molar-refractivity contribution in [2.24, 2.45) is 0 Å². The molecule has 0 saturated carbocycles. The van der Waals surface area contributed by atoms with Crippen LogP contribution in [-0.4, -0.2) is 41.1 Å². The molecule has 1 unspecified atom stereocenters. The van der Waals surface area contributed by atoms with Crippen LogP contribution >= 0.6 is 0 Å². The van der Waals surface area contributed by atoms with Gasteiger partial charge in [0, 0.05) is 11.5 Å². The first-order valence-corrected chi connectivity index (χ1v) is 2.81. The molecular formula is C4H10N2O4. The molecule has 0 rings (SSSR count). The van der Waals surface area contributed by atoms with Crippen molar-refractivity contribution in [2.45, 2.75) is 6.17 Å². The summed E-state index contributed by atoms with van der Waals surface area (Å²) in [6.07, 6.45) is -1.16. The first-order valence-electron chi connectivity index (χ1n) is 2.81. The van der Waals surface area contributed by atoms with E-state index in [1.54, 1.807) is 0 Å². The van der Waals surface area contributed by atoms with E-state index in [2.05, 4.69) is 5.32 Å². The van der Waals surface area contributed by atoms with Crippen LogP contribution in [0.25, 0.3) is 0 Å². The summed E-state index contributed by atoms with van der Waals surface area (Å²) in [6.45, 7) is -0.621. The van der Waals surface area contributed by atoms with E-state index in [0.29, 0.717) is 0 Å². The zero-order valence-corrected chi connectivity index (χ0v) is 5.36. The van der Waals surface area contributed by atoms with Crippen molar-refractivity contribution in [3.63, 3.8) is 0 Å². The maximum atomic E-state index is 9.94. The van der Waals surface area contributed by atoms with Gasteiger partial charge in [-0.05, 0) is 0 Å². The predicted molar refractivity (Wildman–Crippen MR) is 33.0 cm³/mol. The number of rotatable bonds is 5. The van der Waals surface area contributed by atoms with Gasteiger partial charge in [-0.25, -0.2) is 0 Å². The molecule has 0 aliphatic rings. The highest BCUT2D eigenvalue weighted by Gasteiger charge is 2.15. The van der Waals surface area contributed by atoms with Crippen molar-refractivity contribution in [3.8, 4) is 0 Å². The Kier molecular flexibility index (Phi) is 4.73. The number of aliphatic hydroxyl groups is 2. The molecule has 0 saturated heterocycles. The third kappa shape index (κ3) is 3.33. The fraction of sp³-hybridized carbons (Fsp3) is 1.00. The highest BCUT2D eigenvalue weighted by molar-refractivity contribution is 4.49. The van der Waals surface area contributed by atoms with E-state index in [1.807, 2.05) is 0 Å². The SMILES string of the molecule is O=[N+]([O-])C(CO)NCCO. The fourth-order valence-corrected chi connectivity index (χ4v) is 0.437. The molecule has 0 aromatic heterocycles. The van der Waals surface area contributed by atoms with Gasteiger partial charge in [-0.1, -0.05) is 0 Å². The predicted octanol–water partition coefficient (Wildman–Crippen LogP) is -1.84. The van der Waals surface area contributed by atoms with Gasteiger partial charge in [0.05, 0.1) is 6.61 Å². The van der Waals surface area contributed by atoms with E-state index in [0.717, 1.165) is 0 Å². The lowest BCUT2D eigenvalue weighted by Gasteiger charge is -2.05. The molecule has 1 atom stereocenters. The Morgan fingerprint density at radius 3 is 2.50 bits per heavy atom. The summed E-state index contributed by atoms with van der Waals surface area (Å²) in [5, 5.41) is 28.8. The largest absolute Gasteiger partial charge is 0.395 e. The van der Waals surface area contributed by atoms with E-state index >= 15 is 0 Å². The molecule has 0 radical (unpaired) electrons. The first-order chi connectivity index (χ1) is 4.72. The summed E-state index contributed by atoms with van der Waals surface area (Å²) in [6, 6.07) is 0. The van der Waals surface area contributed by atoms with Gasteiger partial charge in [-0.2, -0.15) is 0 Å². The van der Waals surface area contributed by atoms with Crippen LogP contribution in [0.1, 0.15) is 0 Å². The van der Waals surface area contributed by atoms with Gasteiger partial charge < -0.3 is 10.2 Å². The molecule has 6 nitrogen and oxygen atoms in total. The highest BCUT2D eigenvalue weighted by atomic mass is 16.6. The quantitative estimate of drug-likeness (QED) is 0.243. The van der Waals surface area contributed by atoms with Crippen molar-refractivity contribution < 1.29 is 15.1 Å². The molecule has 0 aromatic carbocycles. The molecule has 0 bridgehead atoms. The number of nitro groups is 1. The van der Waals surface area contributed by atoms with Gasteiger partial charge in [0.1, 0.15) is 6.61 Å². The minimum atomic E-state index is -1.16. The number of aliphatic hydroxyl groups excluding tert-OH is 2. The Balaban J connectivity index is 3.50. The summed E-state index contributed by atoms with van der Waals surface area (Å²) in [7, 11) is 0. The molecule has 10 heavy (non-hydrogen) atoms. The zero-order valence-electron chi connectivity index (χ0n) is 5.36. The number of nitrogens with zero attached hydrogens (tertiary/aromatic N) is 1. The first kappa shape index (κ1) is 9.28. The van der Waals surface area contributed by atoms with Crippen LogP contribution in [0.5, 0.6) is 0 Å². The second kappa shape index (κ2) is 5.10. The summed E-state index contributed by atoms with van der Waals surface area (Å²) in [5.41, 5.74) is 0. The Hall–Kier alpha value is -0.720. The fourth-order valence-electron chi connectivity index (χ4n) is 0.437. The zero-order chi connectivity index (χ0) is 7.98. The molecule has 0 fully saturated rings. The van der Waals surface area contributed by atoms with E-state index in [9.17, 15) is 10.1 Å².